The first-order valence-electron chi connectivity index (χ1n) is 6.62. The maximum absolute atomic E-state index is 11.9. The van der Waals surface area contributed by atoms with E-state index < -0.39 is 0 Å². The molecule has 1 aromatic heterocycles. The molecule has 0 radical (unpaired) electrons. The predicted octanol–water partition coefficient (Wildman–Crippen LogP) is 2.88. The third-order valence-electron chi connectivity index (χ3n) is 2.75. The molecule has 0 bridgehead atoms. The average molecular weight is 335 g/mol. The van der Waals surface area contributed by atoms with Crippen molar-refractivity contribution < 1.29 is 9.59 Å². The Bertz CT molecular complexity index is 666. The van der Waals surface area contributed by atoms with E-state index in [-0.39, 0.29) is 11.8 Å². The molecule has 7 heteroatoms. The van der Waals surface area contributed by atoms with Gasteiger partial charge in [0.1, 0.15) is 0 Å². The molecule has 5 nitrogen and oxygen atoms in total. The van der Waals surface area contributed by atoms with Gasteiger partial charge in [-0.2, -0.15) is 0 Å². The smallest absolute Gasteiger partial charge is 0.253 e. The second-order valence-corrected chi connectivity index (χ2v) is 6.95. The minimum Gasteiger partial charge on any atom is -0.345 e. The zero-order valence-corrected chi connectivity index (χ0v) is 14.3. The number of carbonyl (C=O) groups is 2. The van der Waals surface area contributed by atoms with Crippen LogP contribution in [0.1, 0.15) is 16.1 Å². The number of rotatable bonds is 5. The summed E-state index contributed by atoms with van der Waals surface area (Å²) in [7, 11) is 3.41. The highest BCUT2D eigenvalue weighted by atomic mass is 32.2. The van der Waals surface area contributed by atoms with Crippen LogP contribution in [0.15, 0.2) is 34.0 Å². The molecule has 22 heavy (non-hydrogen) atoms. The fraction of sp³-hybridized carbons (Fsp3) is 0.267. The van der Waals surface area contributed by atoms with E-state index in [1.165, 1.54) is 28.0 Å². The number of amides is 2. The van der Waals surface area contributed by atoms with Crippen molar-refractivity contribution in [2.75, 3.05) is 25.2 Å². The second kappa shape index (κ2) is 7.42. The summed E-state index contributed by atoms with van der Waals surface area (Å²) in [6.07, 6.45) is 0. The molecule has 0 aliphatic rings. The molecule has 1 aromatic carbocycles. The van der Waals surface area contributed by atoms with Crippen molar-refractivity contribution >= 4 is 40.6 Å². The van der Waals surface area contributed by atoms with Crippen molar-refractivity contribution in [3.8, 4) is 0 Å². The van der Waals surface area contributed by atoms with Crippen LogP contribution >= 0.6 is 23.1 Å². The van der Waals surface area contributed by atoms with Crippen molar-refractivity contribution in [2.24, 2.45) is 0 Å². The van der Waals surface area contributed by atoms with Gasteiger partial charge >= 0.3 is 0 Å². The molecule has 1 heterocycles. The first kappa shape index (κ1) is 16.5. The Morgan fingerprint density at radius 1 is 1.27 bits per heavy atom. The van der Waals surface area contributed by atoms with Gasteiger partial charge in [-0.05, 0) is 31.2 Å². The first-order valence-corrected chi connectivity index (χ1v) is 8.48. The molecule has 2 aromatic rings. The van der Waals surface area contributed by atoms with Crippen LogP contribution in [0.3, 0.4) is 0 Å². The summed E-state index contributed by atoms with van der Waals surface area (Å²) in [4.78, 5) is 29.5. The number of thioether (sulfide) groups is 1. The van der Waals surface area contributed by atoms with E-state index in [1.54, 1.807) is 38.4 Å². The quantitative estimate of drug-likeness (QED) is 0.854. The lowest BCUT2D eigenvalue weighted by Gasteiger charge is -2.10. The summed E-state index contributed by atoms with van der Waals surface area (Å²) in [5.74, 6) is 0.155. The Balaban J connectivity index is 1.87. The lowest BCUT2D eigenvalue weighted by Crippen LogP contribution is -2.21. The first-order chi connectivity index (χ1) is 10.5. The fourth-order valence-electron chi connectivity index (χ4n) is 1.68. The van der Waals surface area contributed by atoms with Gasteiger partial charge in [-0.3, -0.25) is 9.59 Å². The van der Waals surface area contributed by atoms with Gasteiger partial charge in [0.2, 0.25) is 5.91 Å². The third-order valence-corrected chi connectivity index (χ3v) is 4.89. The number of thiazole rings is 1. The summed E-state index contributed by atoms with van der Waals surface area (Å²) in [5.41, 5.74) is 2.24. The molecular formula is C15H17N3O2S2. The van der Waals surface area contributed by atoms with Crippen molar-refractivity contribution in [3.05, 3.63) is 40.9 Å². The molecule has 0 atom stereocenters. The number of carbonyl (C=O) groups excluding carboxylic acids is 2. The second-order valence-electron chi connectivity index (χ2n) is 4.87. The largest absolute Gasteiger partial charge is 0.345 e. The molecule has 0 aliphatic carbocycles. The maximum Gasteiger partial charge on any atom is 0.253 e. The molecule has 116 valence electrons. The molecule has 2 rings (SSSR count). The SMILES string of the molecule is Cc1csc(SCC(=O)Nc2ccc(C(=O)N(C)C)cc2)n1. The number of nitrogens with one attached hydrogen (secondary N) is 1. The van der Waals surface area contributed by atoms with Crippen LogP contribution in [0, 0.1) is 6.92 Å². The highest BCUT2D eigenvalue weighted by Crippen LogP contribution is 2.22. The van der Waals surface area contributed by atoms with E-state index in [0.29, 0.717) is 17.0 Å². The lowest BCUT2D eigenvalue weighted by atomic mass is 10.2. The lowest BCUT2D eigenvalue weighted by molar-refractivity contribution is -0.113. The number of hydrogen-bond donors (Lipinski definition) is 1. The van der Waals surface area contributed by atoms with E-state index in [1.807, 2.05) is 12.3 Å². The van der Waals surface area contributed by atoms with Gasteiger partial charge in [0.15, 0.2) is 4.34 Å². The van der Waals surface area contributed by atoms with Crippen LogP contribution in [0.25, 0.3) is 0 Å². The summed E-state index contributed by atoms with van der Waals surface area (Å²) in [6.45, 7) is 1.93. The van der Waals surface area contributed by atoms with E-state index in [0.717, 1.165) is 10.0 Å². The third kappa shape index (κ3) is 4.57. The van der Waals surface area contributed by atoms with Crippen LogP contribution in [0.2, 0.25) is 0 Å². The Labute approximate surface area is 137 Å². The molecule has 0 fully saturated rings. The molecule has 1 N–H and O–H groups in total. The molecule has 2 amide bonds. The highest BCUT2D eigenvalue weighted by Gasteiger charge is 2.09. The number of benzene rings is 1. The number of hydrogen-bond acceptors (Lipinski definition) is 5. The van der Waals surface area contributed by atoms with Gasteiger partial charge in [-0.1, -0.05) is 11.8 Å². The van der Waals surface area contributed by atoms with E-state index in [9.17, 15) is 9.59 Å². The summed E-state index contributed by atoms with van der Waals surface area (Å²) in [6, 6.07) is 6.87. The monoisotopic (exact) mass is 335 g/mol. The van der Waals surface area contributed by atoms with Gasteiger partial charge in [0.25, 0.3) is 5.91 Å². The zero-order chi connectivity index (χ0) is 16.1. The van der Waals surface area contributed by atoms with Crippen LogP contribution in [-0.2, 0) is 4.79 Å². The molecule has 0 saturated heterocycles. The van der Waals surface area contributed by atoms with Gasteiger partial charge < -0.3 is 10.2 Å². The summed E-state index contributed by atoms with van der Waals surface area (Å²) in [5, 5.41) is 4.77. The number of aryl methyl sites for hydroxylation is 1. The summed E-state index contributed by atoms with van der Waals surface area (Å²) < 4.78 is 0.888. The van der Waals surface area contributed by atoms with E-state index >= 15 is 0 Å². The Hall–Kier alpha value is -1.86. The molecular weight excluding hydrogens is 318 g/mol. The van der Waals surface area contributed by atoms with Gasteiger partial charge in [-0.15, -0.1) is 11.3 Å². The topological polar surface area (TPSA) is 62.3 Å². The standard InChI is InChI=1S/C15H17N3O2S2/c1-10-8-21-15(16-10)22-9-13(19)17-12-6-4-11(5-7-12)14(20)18(2)3/h4-8H,9H2,1-3H3,(H,17,19). The normalized spacial score (nSPS) is 10.3. The Morgan fingerprint density at radius 3 is 2.50 bits per heavy atom. The van der Waals surface area contributed by atoms with Crippen molar-refractivity contribution in [2.45, 2.75) is 11.3 Å². The molecule has 0 spiro atoms. The fourth-order valence-corrected chi connectivity index (χ4v) is 3.33. The minimum absolute atomic E-state index is 0.0624. The molecule has 0 aliphatic heterocycles. The van der Waals surface area contributed by atoms with Crippen LogP contribution in [-0.4, -0.2) is 41.5 Å². The van der Waals surface area contributed by atoms with Crippen molar-refractivity contribution in [3.63, 3.8) is 0 Å². The van der Waals surface area contributed by atoms with Crippen LogP contribution in [0.5, 0.6) is 0 Å². The Morgan fingerprint density at radius 2 is 1.95 bits per heavy atom. The van der Waals surface area contributed by atoms with Crippen LogP contribution in [0.4, 0.5) is 5.69 Å². The van der Waals surface area contributed by atoms with Crippen LogP contribution < -0.4 is 5.32 Å². The number of anilines is 1. The van der Waals surface area contributed by atoms with Gasteiger partial charge in [0.05, 0.1) is 5.75 Å². The van der Waals surface area contributed by atoms with Crippen molar-refractivity contribution in [1.82, 2.24) is 9.88 Å². The van der Waals surface area contributed by atoms with Gasteiger partial charge in [0, 0.05) is 36.4 Å². The number of nitrogens with zero attached hydrogens (tertiary/aromatic N) is 2. The maximum atomic E-state index is 11.9. The Kier molecular flexibility index (Phi) is 5.57. The number of aromatic nitrogens is 1. The average Bonchev–Trinajstić information content (AvgIpc) is 2.91. The minimum atomic E-state index is -0.0930. The van der Waals surface area contributed by atoms with E-state index in [4.69, 9.17) is 0 Å². The summed E-state index contributed by atoms with van der Waals surface area (Å²) >= 11 is 2.95. The van der Waals surface area contributed by atoms with Crippen molar-refractivity contribution in [1.29, 1.82) is 0 Å². The van der Waals surface area contributed by atoms with Gasteiger partial charge in [-0.25, -0.2) is 4.98 Å². The molecule has 0 saturated carbocycles. The van der Waals surface area contributed by atoms with E-state index in [2.05, 4.69) is 10.3 Å². The zero-order valence-electron chi connectivity index (χ0n) is 12.6. The predicted molar refractivity (Wildman–Crippen MR) is 90.7 cm³/mol. The molecule has 0 unspecified atom stereocenters. The highest BCUT2D eigenvalue weighted by molar-refractivity contribution is 8.01.